The fraction of sp³-hybridized carbons (Fsp3) is 0. The van der Waals surface area contributed by atoms with Crippen molar-refractivity contribution < 1.29 is 14.7 Å². The highest BCUT2D eigenvalue weighted by atomic mass is 35.5. The van der Waals surface area contributed by atoms with Gasteiger partial charge in [-0.3, -0.25) is 4.79 Å². The minimum atomic E-state index is -1.24. The summed E-state index contributed by atoms with van der Waals surface area (Å²) in [5.41, 5.74) is 1.08. The standard InChI is InChI=1S/C16H10Cl2O3/c17-12-6-7-14(18)13(9-12)15(19)8-3-10-1-4-11(5-2-10)16(20)21/h1-9H,(H,20,21)/p-1/b8-3+. The van der Waals surface area contributed by atoms with Crippen molar-refractivity contribution in [1.29, 1.82) is 0 Å². The Hall–Kier alpha value is -2.10. The highest BCUT2D eigenvalue weighted by molar-refractivity contribution is 6.36. The Labute approximate surface area is 131 Å². The molecule has 2 aromatic rings. The lowest BCUT2D eigenvalue weighted by Crippen LogP contribution is -2.21. The zero-order valence-corrected chi connectivity index (χ0v) is 12.2. The van der Waals surface area contributed by atoms with Crippen molar-refractivity contribution in [3.05, 3.63) is 75.3 Å². The third kappa shape index (κ3) is 3.94. The van der Waals surface area contributed by atoms with E-state index < -0.39 is 5.97 Å². The lowest BCUT2D eigenvalue weighted by Gasteiger charge is -2.02. The number of halogens is 2. The number of hydrogen-bond acceptors (Lipinski definition) is 3. The summed E-state index contributed by atoms with van der Waals surface area (Å²) in [6.45, 7) is 0. The van der Waals surface area contributed by atoms with E-state index in [1.54, 1.807) is 30.3 Å². The highest BCUT2D eigenvalue weighted by Gasteiger charge is 2.07. The van der Waals surface area contributed by atoms with Crippen molar-refractivity contribution in [2.24, 2.45) is 0 Å². The van der Waals surface area contributed by atoms with Crippen LogP contribution in [0.5, 0.6) is 0 Å². The van der Waals surface area contributed by atoms with E-state index in [9.17, 15) is 14.7 Å². The van der Waals surface area contributed by atoms with Gasteiger partial charge in [-0.15, -0.1) is 0 Å². The molecule has 0 atom stereocenters. The SMILES string of the molecule is O=C([O-])c1ccc(/C=C/C(=O)c2cc(Cl)ccc2Cl)cc1. The molecule has 21 heavy (non-hydrogen) atoms. The number of hydrogen-bond donors (Lipinski definition) is 0. The summed E-state index contributed by atoms with van der Waals surface area (Å²) in [6.07, 6.45) is 2.92. The largest absolute Gasteiger partial charge is 0.545 e. The lowest BCUT2D eigenvalue weighted by molar-refractivity contribution is -0.255. The van der Waals surface area contributed by atoms with Crippen molar-refractivity contribution in [2.45, 2.75) is 0 Å². The van der Waals surface area contributed by atoms with Gasteiger partial charge >= 0.3 is 0 Å². The summed E-state index contributed by atoms with van der Waals surface area (Å²) in [6, 6.07) is 10.6. The molecule has 0 saturated carbocycles. The van der Waals surface area contributed by atoms with Gasteiger partial charge in [0.05, 0.1) is 11.0 Å². The first-order chi connectivity index (χ1) is 9.97. The molecule has 0 aromatic heterocycles. The molecule has 2 aromatic carbocycles. The van der Waals surface area contributed by atoms with Gasteiger partial charge in [-0.2, -0.15) is 0 Å². The first kappa shape index (κ1) is 15.3. The van der Waals surface area contributed by atoms with Gasteiger partial charge < -0.3 is 9.90 Å². The zero-order valence-electron chi connectivity index (χ0n) is 10.7. The van der Waals surface area contributed by atoms with Gasteiger partial charge in [-0.05, 0) is 35.4 Å². The quantitative estimate of drug-likeness (QED) is 0.642. The smallest absolute Gasteiger partial charge is 0.187 e. The number of carbonyl (C=O) groups excluding carboxylic acids is 2. The van der Waals surface area contributed by atoms with Crippen LogP contribution >= 0.6 is 23.2 Å². The summed E-state index contributed by atoms with van der Waals surface area (Å²) >= 11 is 11.8. The van der Waals surface area contributed by atoms with Gasteiger partial charge in [0, 0.05) is 10.6 Å². The summed E-state index contributed by atoms with van der Waals surface area (Å²) < 4.78 is 0. The normalized spacial score (nSPS) is 10.8. The topological polar surface area (TPSA) is 57.2 Å². The van der Waals surface area contributed by atoms with Gasteiger partial charge in [0.2, 0.25) is 0 Å². The first-order valence-corrected chi connectivity index (χ1v) is 6.72. The average molecular weight is 320 g/mol. The van der Waals surface area contributed by atoms with Crippen LogP contribution in [0.2, 0.25) is 10.0 Å². The van der Waals surface area contributed by atoms with Gasteiger partial charge in [-0.25, -0.2) is 0 Å². The number of ketones is 1. The molecule has 0 aliphatic rings. The minimum Gasteiger partial charge on any atom is -0.545 e. The van der Waals surface area contributed by atoms with E-state index in [4.69, 9.17) is 23.2 Å². The molecule has 2 rings (SSSR count). The predicted octanol–water partition coefficient (Wildman–Crippen LogP) is 3.25. The molecule has 0 bridgehead atoms. The monoisotopic (exact) mass is 319 g/mol. The summed E-state index contributed by atoms with van der Waals surface area (Å²) in [5, 5.41) is 11.4. The average Bonchev–Trinajstić information content (AvgIpc) is 2.47. The molecule has 5 heteroatoms. The van der Waals surface area contributed by atoms with E-state index in [-0.39, 0.29) is 11.3 Å². The van der Waals surface area contributed by atoms with Gasteiger partial charge in [-0.1, -0.05) is 53.5 Å². The number of carboxylic acid groups (broad SMARTS) is 1. The second-order valence-electron chi connectivity index (χ2n) is 4.23. The molecule has 0 spiro atoms. The molecule has 0 aliphatic carbocycles. The molecule has 0 aliphatic heterocycles. The van der Waals surface area contributed by atoms with Crippen LogP contribution < -0.4 is 5.11 Å². The third-order valence-electron chi connectivity index (χ3n) is 2.77. The Kier molecular flexibility index (Phi) is 4.78. The number of carboxylic acids is 1. The van der Waals surface area contributed by atoms with E-state index in [0.717, 1.165) is 0 Å². The van der Waals surface area contributed by atoms with Crippen LogP contribution in [0.25, 0.3) is 6.08 Å². The van der Waals surface area contributed by atoms with Crippen LogP contribution in [0.15, 0.2) is 48.5 Å². The first-order valence-electron chi connectivity index (χ1n) is 5.96. The number of benzene rings is 2. The molecule has 106 valence electrons. The Morgan fingerprint density at radius 3 is 2.29 bits per heavy atom. The molecule has 0 N–H and O–H groups in total. The maximum Gasteiger partial charge on any atom is 0.187 e. The Balaban J connectivity index is 2.18. The molecule has 0 saturated heterocycles. The van der Waals surface area contributed by atoms with Crippen molar-refractivity contribution in [2.75, 3.05) is 0 Å². The summed E-state index contributed by atoms with van der Waals surface area (Å²) in [4.78, 5) is 22.7. The molecule has 0 amide bonds. The van der Waals surface area contributed by atoms with E-state index in [1.807, 2.05) is 0 Å². The minimum absolute atomic E-state index is 0.0800. The molecular formula is C16H9Cl2O3-. The predicted molar refractivity (Wildman–Crippen MR) is 80.6 cm³/mol. The fourth-order valence-corrected chi connectivity index (χ4v) is 2.06. The van der Waals surface area contributed by atoms with E-state index in [2.05, 4.69) is 0 Å². The van der Waals surface area contributed by atoms with Crippen LogP contribution in [-0.4, -0.2) is 11.8 Å². The number of rotatable bonds is 4. The fourth-order valence-electron chi connectivity index (χ4n) is 1.68. The summed E-state index contributed by atoms with van der Waals surface area (Å²) in [5.74, 6) is -1.53. The van der Waals surface area contributed by atoms with Crippen LogP contribution in [0.3, 0.4) is 0 Å². The molecular weight excluding hydrogens is 311 g/mol. The highest BCUT2D eigenvalue weighted by Crippen LogP contribution is 2.21. The van der Waals surface area contributed by atoms with Crippen LogP contribution in [0.4, 0.5) is 0 Å². The van der Waals surface area contributed by atoms with Crippen molar-refractivity contribution in [3.63, 3.8) is 0 Å². The Morgan fingerprint density at radius 2 is 1.67 bits per heavy atom. The number of carbonyl (C=O) groups is 2. The zero-order chi connectivity index (χ0) is 15.4. The van der Waals surface area contributed by atoms with Crippen LogP contribution in [-0.2, 0) is 0 Å². The lowest BCUT2D eigenvalue weighted by atomic mass is 10.1. The Bertz CT molecular complexity index is 719. The molecule has 3 nitrogen and oxygen atoms in total. The third-order valence-corrected chi connectivity index (χ3v) is 3.33. The van der Waals surface area contributed by atoms with E-state index in [1.165, 1.54) is 24.3 Å². The van der Waals surface area contributed by atoms with Gasteiger partial charge in [0.15, 0.2) is 5.78 Å². The van der Waals surface area contributed by atoms with Crippen LogP contribution in [0, 0.1) is 0 Å². The second-order valence-corrected chi connectivity index (χ2v) is 5.07. The van der Waals surface area contributed by atoms with Crippen LogP contribution in [0.1, 0.15) is 26.3 Å². The molecule has 0 fully saturated rings. The number of allylic oxidation sites excluding steroid dienone is 1. The van der Waals surface area contributed by atoms with E-state index >= 15 is 0 Å². The van der Waals surface area contributed by atoms with Crippen molar-refractivity contribution in [1.82, 2.24) is 0 Å². The van der Waals surface area contributed by atoms with Gasteiger partial charge in [0.1, 0.15) is 0 Å². The summed E-state index contributed by atoms with van der Waals surface area (Å²) in [7, 11) is 0. The van der Waals surface area contributed by atoms with Crippen molar-refractivity contribution >= 4 is 41.0 Å². The molecule has 0 radical (unpaired) electrons. The maximum atomic E-state index is 12.0. The second kappa shape index (κ2) is 6.57. The Morgan fingerprint density at radius 1 is 1.00 bits per heavy atom. The van der Waals surface area contributed by atoms with Crippen molar-refractivity contribution in [3.8, 4) is 0 Å². The number of aromatic carboxylic acids is 1. The molecule has 0 heterocycles. The molecule has 0 unspecified atom stereocenters. The van der Waals surface area contributed by atoms with Gasteiger partial charge in [0.25, 0.3) is 0 Å². The maximum absolute atomic E-state index is 12.0. The van der Waals surface area contributed by atoms with E-state index in [0.29, 0.717) is 21.2 Å².